The van der Waals surface area contributed by atoms with Crippen LogP contribution in [0.5, 0.6) is 0 Å². The molecule has 6 aromatic heterocycles. The molecule has 0 saturated carbocycles. The highest BCUT2D eigenvalue weighted by Crippen LogP contribution is 2.57. The van der Waals surface area contributed by atoms with Gasteiger partial charge in [0.05, 0.1) is 16.6 Å². The van der Waals surface area contributed by atoms with E-state index < -0.39 is 5.41 Å². The van der Waals surface area contributed by atoms with Gasteiger partial charge >= 0.3 is 0 Å². The molecule has 406 valence electrons. The second-order valence-corrected chi connectivity index (χ2v) is 24.9. The summed E-state index contributed by atoms with van der Waals surface area (Å²) in [7, 11) is 0. The van der Waals surface area contributed by atoms with E-state index in [1.54, 1.807) is 0 Å². The highest BCUT2D eigenvalue weighted by atomic mass is 32.1. The summed E-state index contributed by atoms with van der Waals surface area (Å²) in [6, 6.07) is 81.4. The first-order chi connectivity index (χ1) is 42.2. The Morgan fingerprint density at radius 1 is 0.349 bits per heavy atom. The van der Waals surface area contributed by atoms with Gasteiger partial charge in [0.1, 0.15) is 11.2 Å². The first-order valence-corrected chi connectivity index (χ1v) is 30.0. The Labute approximate surface area is 498 Å². The van der Waals surface area contributed by atoms with Crippen LogP contribution >= 0.6 is 11.3 Å². The molecule has 2 aliphatic carbocycles. The van der Waals surface area contributed by atoms with Crippen molar-refractivity contribution in [2.45, 2.75) is 38.5 Å². The molecule has 10 heteroatoms. The molecule has 18 rings (SSSR count). The van der Waals surface area contributed by atoms with Crippen molar-refractivity contribution in [1.82, 2.24) is 39.0 Å². The molecule has 0 fully saturated rings. The maximum absolute atomic E-state index is 7.00. The maximum atomic E-state index is 7.00. The van der Waals surface area contributed by atoms with Gasteiger partial charge in [-0.3, -0.25) is 9.13 Å². The van der Waals surface area contributed by atoms with Crippen LogP contribution < -0.4 is 0 Å². The molecule has 6 heterocycles. The molecule has 0 bridgehead atoms. The molecule has 86 heavy (non-hydrogen) atoms. The van der Waals surface area contributed by atoms with Crippen molar-refractivity contribution in [3.05, 3.63) is 253 Å². The molecular weight excluding hydrogens is 1070 g/mol. The van der Waals surface area contributed by atoms with E-state index in [1.165, 1.54) is 58.9 Å². The number of thiophene rings is 1. The lowest BCUT2D eigenvalue weighted by molar-refractivity contribution is 0.617. The summed E-state index contributed by atoms with van der Waals surface area (Å²) in [4.78, 5) is 32.2. The Hall–Kier alpha value is -10.7. The van der Waals surface area contributed by atoms with Gasteiger partial charge in [-0.1, -0.05) is 204 Å². The summed E-state index contributed by atoms with van der Waals surface area (Å²) in [6.07, 6.45) is 0. The fraction of sp³-hybridized carbons (Fsp3) is 0.0789. The topological polar surface area (TPSA) is 100 Å². The van der Waals surface area contributed by atoms with Crippen LogP contribution in [0.25, 0.3) is 155 Å². The molecule has 0 N–H and O–H groups in total. The maximum Gasteiger partial charge on any atom is 0.238 e. The van der Waals surface area contributed by atoms with Crippen LogP contribution in [0.15, 0.2) is 235 Å². The number of nitrogens with zero attached hydrogens (tertiary/aromatic N) is 8. The largest absolute Gasteiger partial charge is 0.455 e. The molecule has 0 aliphatic heterocycles. The predicted octanol–water partition coefficient (Wildman–Crippen LogP) is 19.2. The molecule has 9 nitrogen and oxygen atoms in total. The summed E-state index contributed by atoms with van der Waals surface area (Å²) < 4.78 is 14.1. The van der Waals surface area contributed by atoms with E-state index in [0.29, 0.717) is 40.8 Å². The average Bonchev–Trinajstić information content (AvgIpc) is 1.56. The molecule has 0 atom stereocenters. The minimum absolute atomic E-state index is 0.336. The average molecular weight is 1120 g/mol. The van der Waals surface area contributed by atoms with E-state index in [4.69, 9.17) is 34.3 Å². The van der Waals surface area contributed by atoms with E-state index in [-0.39, 0.29) is 5.41 Å². The molecule has 0 amide bonds. The van der Waals surface area contributed by atoms with Gasteiger partial charge in [-0.15, -0.1) is 11.3 Å². The van der Waals surface area contributed by atoms with Crippen LogP contribution in [0.4, 0.5) is 0 Å². The molecule has 2 aliphatic rings. The minimum atomic E-state index is -0.523. The summed E-state index contributed by atoms with van der Waals surface area (Å²) in [5.41, 5.74) is 18.2. The Morgan fingerprint density at radius 3 is 1.57 bits per heavy atom. The monoisotopic (exact) mass is 1120 g/mol. The lowest BCUT2D eigenvalue weighted by Crippen LogP contribution is -2.22. The van der Waals surface area contributed by atoms with Gasteiger partial charge in [0.2, 0.25) is 11.9 Å². The third kappa shape index (κ3) is 6.93. The van der Waals surface area contributed by atoms with Gasteiger partial charge in [-0.25, -0.2) is 9.97 Å². The third-order valence-electron chi connectivity index (χ3n) is 18.2. The van der Waals surface area contributed by atoms with Crippen molar-refractivity contribution < 1.29 is 4.42 Å². The van der Waals surface area contributed by atoms with Crippen molar-refractivity contribution in [1.29, 1.82) is 0 Å². The van der Waals surface area contributed by atoms with Crippen LogP contribution in [0.2, 0.25) is 0 Å². The van der Waals surface area contributed by atoms with Crippen LogP contribution in [0.1, 0.15) is 50.2 Å². The van der Waals surface area contributed by atoms with Gasteiger partial charge in [0, 0.05) is 91.8 Å². The summed E-state index contributed by atoms with van der Waals surface area (Å²) in [6.45, 7) is 9.31. The number of hydrogen-bond donors (Lipinski definition) is 0. The van der Waals surface area contributed by atoms with Crippen molar-refractivity contribution >= 4 is 75.3 Å². The number of aromatic nitrogens is 8. The van der Waals surface area contributed by atoms with Crippen LogP contribution in [0, 0.1) is 0 Å². The number of hydrogen-bond acceptors (Lipinski definition) is 8. The van der Waals surface area contributed by atoms with E-state index in [9.17, 15) is 0 Å². The van der Waals surface area contributed by atoms with Gasteiger partial charge < -0.3 is 4.42 Å². The van der Waals surface area contributed by atoms with Crippen molar-refractivity contribution in [2.24, 2.45) is 0 Å². The van der Waals surface area contributed by atoms with Crippen LogP contribution in [0.3, 0.4) is 0 Å². The number of rotatable bonds is 7. The van der Waals surface area contributed by atoms with E-state index >= 15 is 0 Å². The molecule has 0 saturated heterocycles. The third-order valence-corrected chi connectivity index (χ3v) is 19.3. The summed E-state index contributed by atoms with van der Waals surface area (Å²) in [5.74, 6) is 3.49. The molecular formula is C76H50N8OS. The first kappa shape index (κ1) is 48.8. The van der Waals surface area contributed by atoms with Gasteiger partial charge in [0.25, 0.3) is 0 Å². The fourth-order valence-corrected chi connectivity index (χ4v) is 15.5. The van der Waals surface area contributed by atoms with E-state index in [1.807, 2.05) is 47.7 Å². The lowest BCUT2D eigenvalue weighted by atomic mass is 9.80. The van der Waals surface area contributed by atoms with Crippen molar-refractivity contribution in [2.75, 3.05) is 0 Å². The number of furan rings is 1. The first-order valence-electron chi connectivity index (χ1n) is 29.2. The normalized spacial score (nSPS) is 13.8. The van der Waals surface area contributed by atoms with Crippen molar-refractivity contribution in [3.8, 4) is 90.8 Å². The summed E-state index contributed by atoms with van der Waals surface area (Å²) >= 11 is 1.81. The van der Waals surface area contributed by atoms with Crippen LogP contribution in [-0.2, 0) is 10.8 Å². The van der Waals surface area contributed by atoms with Crippen molar-refractivity contribution in [3.63, 3.8) is 0 Å². The van der Waals surface area contributed by atoms with Gasteiger partial charge in [-0.2, -0.15) is 19.9 Å². The SMILES string of the molecule is CC1(C)c2ccccc2-c2c1n(-c1nc(-c3ccccc3)nc(-c3cccc4c3oc3ccc(-c5cccc6c5C(C)(C)c5c-6c6ccccc6n5-c5nc(-c6ccccc6)nc(-c6ccc7sc8ccccc8c7c6)n5)cc34)n1)c1ccccc21. The zero-order valence-corrected chi connectivity index (χ0v) is 48.2. The van der Waals surface area contributed by atoms with Gasteiger partial charge in [0.15, 0.2) is 23.3 Å². The molecule has 10 aromatic carbocycles. The van der Waals surface area contributed by atoms with E-state index in [0.717, 1.165) is 77.5 Å². The minimum Gasteiger partial charge on any atom is -0.455 e. The smallest absolute Gasteiger partial charge is 0.238 e. The Balaban J connectivity index is 0.789. The molecule has 0 radical (unpaired) electrons. The zero-order valence-electron chi connectivity index (χ0n) is 47.3. The highest BCUT2D eigenvalue weighted by Gasteiger charge is 2.44. The fourth-order valence-electron chi connectivity index (χ4n) is 14.4. The number of para-hydroxylation sites is 3. The highest BCUT2D eigenvalue weighted by molar-refractivity contribution is 7.25. The molecule has 16 aromatic rings. The second-order valence-electron chi connectivity index (χ2n) is 23.8. The Kier molecular flexibility index (Phi) is 10.2. The Morgan fingerprint density at radius 2 is 0.849 bits per heavy atom. The standard InChI is InChI=1S/C76H50N8OS/c1-75(2)57-33-15-11-26-50(57)63-51-27-12-16-34-58(51)83(67(63)75)74-80-70(44-23-9-6-10-24-44)78-72(82-74)54-32-20-30-49-55-41-45(37-39-60(55)85-66(49)54)47-29-19-31-53-64-52-28-13-17-35-59(52)84(68(64)76(3,4)65(47)53)73-79-69(43-21-7-5-8-22-43)77-71(81-73)46-38-40-62-56(42-46)48-25-14-18-36-61(48)86-62/h5-42H,1-4H3. The summed E-state index contributed by atoms with van der Waals surface area (Å²) in [5, 5.41) is 6.72. The number of benzene rings is 10. The van der Waals surface area contributed by atoms with E-state index in [2.05, 4.69) is 231 Å². The predicted molar refractivity (Wildman–Crippen MR) is 349 cm³/mol. The van der Waals surface area contributed by atoms with Crippen LogP contribution in [-0.4, -0.2) is 39.0 Å². The molecule has 0 spiro atoms. The van der Waals surface area contributed by atoms with Gasteiger partial charge in [-0.05, 0) is 88.0 Å². The zero-order chi connectivity index (χ0) is 57.2. The Bertz CT molecular complexity index is 5550. The second kappa shape index (κ2) is 17.9. The quantitative estimate of drug-likeness (QED) is 0.157. The number of fused-ring (bicyclic) bond motifs is 16. The molecule has 0 unspecified atom stereocenters. The lowest BCUT2D eigenvalue weighted by Gasteiger charge is -2.26.